The molecule has 2 aromatic rings. The maximum Gasteiger partial charge on any atom is 0.303 e. The van der Waals surface area contributed by atoms with E-state index >= 15 is 0 Å². The molecule has 0 aliphatic rings. The van der Waals surface area contributed by atoms with Gasteiger partial charge in [0.15, 0.2) is 0 Å². The Morgan fingerprint density at radius 3 is 2.61 bits per heavy atom. The molecule has 1 aromatic heterocycles. The van der Waals surface area contributed by atoms with E-state index in [1.54, 1.807) is 23.1 Å². The molecule has 0 fully saturated rings. The SMILES string of the molecule is O=C(O)CCCCCCNC(=O)c1ccccc1-n1cccn1. The summed E-state index contributed by atoms with van der Waals surface area (Å²) in [7, 11) is 0. The van der Waals surface area contributed by atoms with Gasteiger partial charge in [0.25, 0.3) is 5.91 Å². The Kier molecular flexibility index (Phi) is 6.35. The maximum absolute atomic E-state index is 12.3. The topological polar surface area (TPSA) is 84.2 Å². The fraction of sp³-hybridized carbons (Fsp3) is 0.353. The summed E-state index contributed by atoms with van der Waals surface area (Å²) in [5, 5.41) is 15.6. The van der Waals surface area contributed by atoms with Crippen molar-refractivity contribution in [2.24, 2.45) is 0 Å². The first kappa shape index (κ1) is 16.7. The number of carboxylic acids is 1. The number of unbranched alkanes of at least 4 members (excludes halogenated alkanes) is 3. The van der Waals surface area contributed by atoms with Crippen LogP contribution >= 0.6 is 0 Å². The lowest BCUT2D eigenvalue weighted by molar-refractivity contribution is -0.137. The third-order valence-corrected chi connectivity index (χ3v) is 3.50. The summed E-state index contributed by atoms with van der Waals surface area (Å²) in [4.78, 5) is 22.7. The second-order valence-electron chi connectivity index (χ2n) is 5.28. The second-order valence-corrected chi connectivity index (χ2v) is 5.28. The highest BCUT2D eigenvalue weighted by molar-refractivity contribution is 5.97. The molecule has 122 valence electrons. The van der Waals surface area contributed by atoms with Crippen LogP contribution in [0.15, 0.2) is 42.7 Å². The maximum atomic E-state index is 12.3. The molecule has 0 atom stereocenters. The molecule has 2 rings (SSSR count). The average molecular weight is 315 g/mol. The summed E-state index contributed by atoms with van der Waals surface area (Å²) in [6.07, 6.45) is 6.99. The van der Waals surface area contributed by atoms with Gasteiger partial charge >= 0.3 is 5.97 Å². The Labute approximate surface area is 135 Å². The number of benzene rings is 1. The van der Waals surface area contributed by atoms with Crippen molar-refractivity contribution in [3.63, 3.8) is 0 Å². The number of amides is 1. The smallest absolute Gasteiger partial charge is 0.303 e. The molecule has 0 bridgehead atoms. The van der Waals surface area contributed by atoms with Crippen LogP contribution in [-0.2, 0) is 4.79 Å². The van der Waals surface area contributed by atoms with Gasteiger partial charge in [0.2, 0.25) is 0 Å². The first-order valence-electron chi connectivity index (χ1n) is 7.77. The van der Waals surface area contributed by atoms with Crippen molar-refractivity contribution in [3.8, 4) is 5.69 Å². The zero-order valence-corrected chi connectivity index (χ0v) is 12.9. The normalized spacial score (nSPS) is 10.4. The quantitative estimate of drug-likeness (QED) is 0.697. The van der Waals surface area contributed by atoms with E-state index in [2.05, 4.69) is 10.4 Å². The van der Waals surface area contributed by atoms with Crippen molar-refractivity contribution in [2.75, 3.05) is 6.54 Å². The second kappa shape index (κ2) is 8.73. The Morgan fingerprint density at radius 1 is 1.09 bits per heavy atom. The van der Waals surface area contributed by atoms with E-state index < -0.39 is 5.97 Å². The highest BCUT2D eigenvalue weighted by Crippen LogP contribution is 2.13. The van der Waals surface area contributed by atoms with Crippen molar-refractivity contribution < 1.29 is 14.7 Å². The minimum atomic E-state index is -0.756. The zero-order chi connectivity index (χ0) is 16.5. The molecule has 0 aliphatic heterocycles. The van der Waals surface area contributed by atoms with Crippen LogP contribution in [0.4, 0.5) is 0 Å². The van der Waals surface area contributed by atoms with Crippen LogP contribution in [0, 0.1) is 0 Å². The Balaban J connectivity index is 1.79. The van der Waals surface area contributed by atoms with E-state index in [-0.39, 0.29) is 12.3 Å². The van der Waals surface area contributed by atoms with Crippen molar-refractivity contribution in [1.29, 1.82) is 0 Å². The van der Waals surface area contributed by atoms with Gasteiger partial charge in [-0.15, -0.1) is 0 Å². The Hall–Kier alpha value is -2.63. The average Bonchev–Trinajstić information content (AvgIpc) is 3.08. The number of carbonyl (C=O) groups excluding carboxylic acids is 1. The number of nitrogens with one attached hydrogen (secondary N) is 1. The minimum absolute atomic E-state index is 0.123. The number of para-hydroxylation sites is 1. The molecular weight excluding hydrogens is 294 g/mol. The predicted octanol–water partition coefficient (Wildman–Crippen LogP) is 2.64. The van der Waals surface area contributed by atoms with Gasteiger partial charge in [-0.1, -0.05) is 25.0 Å². The number of nitrogens with zero attached hydrogens (tertiary/aromatic N) is 2. The van der Waals surface area contributed by atoms with E-state index in [9.17, 15) is 9.59 Å². The first-order chi connectivity index (χ1) is 11.2. The Morgan fingerprint density at radius 2 is 1.87 bits per heavy atom. The van der Waals surface area contributed by atoms with Gasteiger partial charge in [0.05, 0.1) is 11.3 Å². The van der Waals surface area contributed by atoms with E-state index in [4.69, 9.17) is 5.11 Å². The number of hydrogen-bond donors (Lipinski definition) is 2. The molecule has 0 unspecified atom stereocenters. The fourth-order valence-electron chi connectivity index (χ4n) is 2.33. The number of rotatable bonds is 9. The van der Waals surface area contributed by atoms with E-state index in [1.807, 2.05) is 24.3 Å². The molecule has 1 aromatic carbocycles. The van der Waals surface area contributed by atoms with Gasteiger partial charge in [-0.2, -0.15) is 5.10 Å². The molecule has 6 heteroatoms. The third-order valence-electron chi connectivity index (χ3n) is 3.50. The van der Waals surface area contributed by atoms with Crippen LogP contribution in [0.1, 0.15) is 42.5 Å². The summed E-state index contributed by atoms with van der Waals surface area (Å²) in [6.45, 7) is 0.583. The van der Waals surface area contributed by atoms with Crippen molar-refractivity contribution >= 4 is 11.9 Å². The number of aliphatic carboxylic acids is 1. The van der Waals surface area contributed by atoms with Crippen LogP contribution in [0.2, 0.25) is 0 Å². The van der Waals surface area contributed by atoms with Gasteiger partial charge in [0, 0.05) is 25.4 Å². The molecule has 1 amide bonds. The third kappa shape index (κ3) is 5.25. The van der Waals surface area contributed by atoms with E-state index in [0.29, 0.717) is 18.5 Å². The minimum Gasteiger partial charge on any atom is -0.481 e. The van der Waals surface area contributed by atoms with E-state index in [1.165, 1.54) is 0 Å². The lowest BCUT2D eigenvalue weighted by Crippen LogP contribution is -2.25. The molecule has 0 saturated heterocycles. The van der Waals surface area contributed by atoms with Crippen molar-refractivity contribution in [2.45, 2.75) is 32.1 Å². The highest BCUT2D eigenvalue weighted by atomic mass is 16.4. The molecule has 0 aliphatic carbocycles. The van der Waals surface area contributed by atoms with Gasteiger partial charge in [-0.05, 0) is 31.0 Å². The summed E-state index contributed by atoms with van der Waals surface area (Å²) in [5.74, 6) is -0.879. The number of carbonyl (C=O) groups is 2. The number of carboxylic acid groups (broad SMARTS) is 1. The van der Waals surface area contributed by atoms with E-state index in [0.717, 1.165) is 24.9 Å². The lowest BCUT2D eigenvalue weighted by atomic mass is 10.1. The summed E-state index contributed by atoms with van der Waals surface area (Å²) in [6, 6.07) is 9.14. The van der Waals surface area contributed by atoms with Crippen LogP contribution in [0.25, 0.3) is 5.69 Å². The molecular formula is C17H21N3O3. The standard InChI is InChI=1S/C17H21N3O3/c21-16(22)10-3-1-2-6-11-18-17(23)14-8-4-5-9-15(14)20-13-7-12-19-20/h4-5,7-9,12-13H,1-3,6,10-11H2,(H,18,23)(H,21,22). The molecule has 0 radical (unpaired) electrons. The first-order valence-corrected chi connectivity index (χ1v) is 7.77. The van der Waals surface area contributed by atoms with Crippen LogP contribution in [0.5, 0.6) is 0 Å². The van der Waals surface area contributed by atoms with Gasteiger partial charge < -0.3 is 10.4 Å². The summed E-state index contributed by atoms with van der Waals surface area (Å²) in [5.41, 5.74) is 1.33. The summed E-state index contributed by atoms with van der Waals surface area (Å²) < 4.78 is 1.67. The molecule has 6 nitrogen and oxygen atoms in total. The van der Waals surface area contributed by atoms with Gasteiger partial charge in [0.1, 0.15) is 0 Å². The van der Waals surface area contributed by atoms with Crippen LogP contribution in [-0.4, -0.2) is 33.3 Å². The lowest BCUT2D eigenvalue weighted by Gasteiger charge is -2.10. The van der Waals surface area contributed by atoms with Crippen molar-refractivity contribution in [1.82, 2.24) is 15.1 Å². The van der Waals surface area contributed by atoms with Crippen LogP contribution in [0.3, 0.4) is 0 Å². The highest BCUT2D eigenvalue weighted by Gasteiger charge is 2.11. The van der Waals surface area contributed by atoms with Crippen LogP contribution < -0.4 is 5.32 Å². The molecule has 23 heavy (non-hydrogen) atoms. The Bertz CT molecular complexity index is 638. The number of aromatic nitrogens is 2. The molecule has 0 saturated carbocycles. The molecule has 2 N–H and O–H groups in total. The number of hydrogen-bond acceptors (Lipinski definition) is 3. The predicted molar refractivity (Wildman–Crippen MR) is 86.6 cm³/mol. The summed E-state index contributed by atoms with van der Waals surface area (Å²) >= 11 is 0. The largest absolute Gasteiger partial charge is 0.481 e. The fourth-order valence-corrected chi connectivity index (χ4v) is 2.33. The molecule has 1 heterocycles. The zero-order valence-electron chi connectivity index (χ0n) is 12.9. The van der Waals surface area contributed by atoms with Crippen molar-refractivity contribution in [3.05, 3.63) is 48.3 Å². The van der Waals surface area contributed by atoms with Gasteiger partial charge in [-0.25, -0.2) is 4.68 Å². The van der Waals surface area contributed by atoms with Gasteiger partial charge in [-0.3, -0.25) is 9.59 Å². The monoisotopic (exact) mass is 315 g/mol. The molecule has 0 spiro atoms.